The van der Waals surface area contributed by atoms with E-state index in [1.807, 2.05) is 6.07 Å². The van der Waals surface area contributed by atoms with E-state index in [1.165, 1.54) is 13.2 Å². The second-order valence-corrected chi connectivity index (χ2v) is 6.77. The molecule has 6 nitrogen and oxygen atoms in total. The number of ketones is 2. The molecule has 0 spiro atoms. The van der Waals surface area contributed by atoms with Crippen molar-refractivity contribution < 1.29 is 23.9 Å². The first-order valence-corrected chi connectivity index (χ1v) is 8.81. The molecule has 0 aliphatic heterocycles. The molecule has 1 aromatic carbocycles. The number of hydrogen-bond acceptors (Lipinski definition) is 5. The maximum absolute atomic E-state index is 12.8. The predicted molar refractivity (Wildman–Crippen MR) is 96.7 cm³/mol. The first kappa shape index (κ1) is 17.3. The van der Waals surface area contributed by atoms with Crippen LogP contribution in [0.25, 0.3) is 0 Å². The van der Waals surface area contributed by atoms with Crippen molar-refractivity contribution in [3.8, 4) is 0 Å². The first-order chi connectivity index (χ1) is 13.0. The Hall–Kier alpha value is -3.15. The average molecular weight is 365 g/mol. The minimum atomic E-state index is -0.466. The van der Waals surface area contributed by atoms with Gasteiger partial charge in [0, 0.05) is 24.4 Å². The molecule has 0 atom stereocenters. The lowest BCUT2D eigenvalue weighted by molar-refractivity contribution is 0.0469. The van der Waals surface area contributed by atoms with Crippen LogP contribution in [0.5, 0.6) is 0 Å². The summed E-state index contributed by atoms with van der Waals surface area (Å²) in [5.41, 5.74) is 2.59. The van der Waals surface area contributed by atoms with Crippen LogP contribution in [0, 0.1) is 0 Å². The van der Waals surface area contributed by atoms with Crippen LogP contribution in [0.3, 0.4) is 0 Å². The van der Waals surface area contributed by atoms with Crippen molar-refractivity contribution in [2.45, 2.75) is 25.4 Å². The Morgan fingerprint density at radius 3 is 2.52 bits per heavy atom. The van der Waals surface area contributed by atoms with Gasteiger partial charge in [-0.25, -0.2) is 4.79 Å². The van der Waals surface area contributed by atoms with Gasteiger partial charge in [-0.15, -0.1) is 0 Å². The highest BCUT2D eigenvalue weighted by molar-refractivity contribution is 6.24. The van der Waals surface area contributed by atoms with Gasteiger partial charge in [0.2, 0.25) is 11.6 Å². The number of ether oxygens (including phenoxy) is 2. The van der Waals surface area contributed by atoms with Crippen LogP contribution in [0.1, 0.15) is 61.2 Å². The number of hydrogen-bond donors (Lipinski definition) is 0. The van der Waals surface area contributed by atoms with E-state index in [-0.39, 0.29) is 29.9 Å². The van der Waals surface area contributed by atoms with Crippen molar-refractivity contribution in [2.24, 2.45) is 7.05 Å². The van der Waals surface area contributed by atoms with Crippen LogP contribution in [-0.4, -0.2) is 29.2 Å². The number of benzene rings is 1. The third-order valence-corrected chi connectivity index (χ3v) is 5.03. The minimum absolute atomic E-state index is 0.0103. The first-order valence-electron chi connectivity index (χ1n) is 8.81. The fourth-order valence-corrected chi connectivity index (χ4v) is 3.64. The van der Waals surface area contributed by atoms with Gasteiger partial charge in [0.15, 0.2) is 5.76 Å². The predicted octanol–water partition coefficient (Wildman–Crippen LogP) is 3.17. The summed E-state index contributed by atoms with van der Waals surface area (Å²) in [6.45, 7) is -0.0568. The normalized spacial score (nSPS) is 16.0. The van der Waals surface area contributed by atoms with Gasteiger partial charge in [-0.1, -0.05) is 18.2 Å². The lowest BCUT2D eigenvalue weighted by Gasteiger charge is -2.13. The van der Waals surface area contributed by atoms with Crippen molar-refractivity contribution in [2.75, 3.05) is 7.11 Å². The second-order valence-electron chi connectivity index (χ2n) is 6.77. The summed E-state index contributed by atoms with van der Waals surface area (Å²) in [6.07, 6.45) is 3.20. The zero-order valence-electron chi connectivity index (χ0n) is 15.2. The monoisotopic (exact) mass is 365 g/mol. The Labute approximate surface area is 156 Å². The fourth-order valence-electron chi connectivity index (χ4n) is 3.64. The lowest BCUT2D eigenvalue weighted by atomic mass is 9.95. The lowest BCUT2D eigenvalue weighted by Crippen LogP contribution is -2.20. The van der Waals surface area contributed by atoms with Gasteiger partial charge in [-0.3, -0.25) is 9.59 Å². The van der Waals surface area contributed by atoms with E-state index < -0.39 is 5.97 Å². The van der Waals surface area contributed by atoms with E-state index in [4.69, 9.17) is 9.47 Å². The van der Waals surface area contributed by atoms with Crippen molar-refractivity contribution in [1.29, 1.82) is 0 Å². The molecule has 2 aliphatic rings. The molecule has 27 heavy (non-hydrogen) atoms. The molecule has 2 aromatic rings. The Morgan fingerprint density at radius 1 is 1.19 bits per heavy atom. The highest BCUT2D eigenvalue weighted by Gasteiger charge is 2.39. The van der Waals surface area contributed by atoms with Crippen LogP contribution in [0.2, 0.25) is 0 Å². The number of nitrogens with zero attached hydrogens (tertiary/aromatic N) is 1. The smallest absolute Gasteiger partial charge is 0.338 e. The van der Waals surface area contributed by atoms with Crippen molar-refractivity contribution in [3.05, 3.63) is 70.2 Å². The number of carbonyl (C=O) groups is 3. The second kappa shape index (κ2) is 6.54. The standard InChI is InChI=1S/C21H19NO5/c1-22-18(12-8-9-12)14(11-27-21(25)13-6-4-3-5-7-13)17-19(22)15(23)10-16(26-2)20(17)24/h3-7,10,12H,8-9,11H2,1-2H3. The molecule has 0 radical (unpaired) electrons. The summed E-state index contributed by atoms with van der Waals surface area (Å²) >= 11 is 0. The molecule has 1 fully saturated rings. The number of fused-ring (bicyclic) bond motifs is 1. The maximum Gasteiger partial charge on any atom is 0.338 e. The summed E-state index contributed by atoms with van der Waals surface area (Å²) < 4.78 is 12.3. The van der Waals surface area contributed by atoms with E-state index in [9.17, 15) is 14.4 Å². The van der Waals surface area contributed by atoms with Crippen LogP contribution in [-0.2, 0) is 23.1 Å². The summed E-state index contributed by atoms with van der Waals surface area (Å²) in [6, 6.07) is 8.68. The fraction of sp³-hybridized carbons (Fsp3) is 0.286. The molecule has 0 bridgehead atoms. The van der Waals surface area contributed by atoms with Crippen LogP contribution in [0.15, 0.2) is 42.2 Å². The molecule has 1 aromatic heterocycles. The van der Waals surface area contributed by atoms with Gasteiger partial charge in [0.1, 0.15) is 12.3 Å². The summed E-state index contributed by atoms with van der Waals surface area (Å²) in [5.74, 6) is -0.799. The van der Waals surface area contributed by atoms with Gasteiger partial charge in [0.05, 0.1) is 18.2 Å². The van der Waals surface area contributed by atoms with Gasteiger partial charge < -0.3 is 14.0 Å². The highest BCUT2D eigenvalue weighted by atomic mass is 16.5. The molecule has 1 heterocycles. The molecule has 1 saturated carbocycles. The molecule has 6 heteroatoms. The highest BCUT2D eigenvalue weighted by Crippen LogP contribution is 2.45. The minimum Gasteiger partial charge on any atom is -0.492 e. The van der Waals surface area contributed by atoms with E-state index in [2.05, 4.69) is 0 Å². The number of aromatic nitrogens is 1. The molecule has 0 amide bonds. The van der Waals surface area contributed by atoms with Gasteiger partial charge in [0.25, 0.3) is 0 Å². The third kappa shape index (κ3) is 2.87. The quantitative estimate of drug-likeness (QED) is 0.761. The molecule has 0 saturated heterocycles. The summed E-state index contributed by atoms with van der Waals surface area (Å²) in [7, 11) is 3.15. The Bertz CT molecular complexity index is 980. The van der Waals surface area contributed by atoms with Crippen LogP contribution >= 0.6 is 0 Å². The zero-order valence-corrected chi connectivity index (χ0v) is 15.2. The van der Waals surface area contributed by atoms with E-state index >= 15 is 0 Å². The summed E-state index contributed by atoms with van der Waals surface area (Å²) in [5, 5.41) is 0. The SMILES string of the molecule is COC1=CC(=O)c2c(c(COC(=O)c3ccccc3)c(C3CC3)n2C)C1=O. The Balaban J connectivity index is 1.72. The number of Topliss-reactive ketones (excluding diaryl/α,β-unsaturated/α-hetero) is 1. The molecule has 4 rings (SSSR count). The number of allylic oxidation sites excluding steroid dienone is 2. The number of carbonyl (C=O) groups excluding carboxylic acids is 3. The van der Waals surface area contributed by atoms with E-state index in [1.54, 1.807) is 35.9 Å². The number of esters is 1. The van der Waals surface area contributed by atoms with Crippen molar-refractivity contribution in [3.63, 3.8) is 0 Å². The van der Waals surface area contributed by atoms with Gasteiger partial charge in [-0.05, 0) is 30.9 Å². The molecule has 0 N–H and O–H groups in total. The molecular formula is C21H19NO5. The Morgan fingerprint density at radius 2 is 1.89 bits per heavy atom. The molecule has 0 unspecified atom stereocenters. The number of methoxy groups -OCH3 is 1. The van der Waals surface area contributed by atoms with Crippen molar-refractivity contribution >= 4 is 17.5 Å². The maximum atomic E-state index is 12.8. The largest absolute Gasteiger partial charge is 0.492 e. The van der Waals surface area contributed by atoms with E-state index in [0.29, 0.717) is 22.4 Å². The van der Waals surface area contributed by atoms with Crippen LogP contribution in [0.4, 0.5) is 0 Å². The summed E-state index contributed by atoms with van der Waals surface area (Å²) in [4.78, 5) is 37.7. The van der Waals surface area contributed by atoms with Crippen molar-refractivity contribution in [1.82, 2.24) is 4.57 Å². The Kier molecular flexibility index (Phi) is 4.18. The topological polar surface area (TPSA) is 74.6 Å². The third-order valence-electron chi connectivity index (χ3n) is 5.03. The van der Waals surface area contributed by atoms with E-state index in [0.717, 1.165) is 18.5 Å². The van der Waals surface area contributed by atoms with Crippen LogP contribution < -0.4 is 0 Å². The molecule has 138 valence electrons. The average Bonchev–Trinajstić information content (AvgIpc) is 3.47. The van der Waals surface area contributed by atoms with Gasteiger partial charge >= 0.3 is 5.97 Å². The zero-order chi connectivity index (χ0) is 19.1. The number of rotatable bonds is 5. The van der Waals surface area contributed by atoms with Gasteiger partial charge in [-0.2, -0.15) is 0 Å². The molecule has 2 aliphatic carbocycles. The molecular weight excluding hydrogens is 346 g/mol.